The third-order valence-corrected chi connectivity index (χ3v) is 8.29. The van der Waals surface area contributed by atoms with Crippen molar-refractivity contribution in [2.24, 2.45) is 17.8 Å². The second-order valence-electron chi connectivity index (χ2n) is 10.2. The monoisotopic (exact) mass is 505 g/mol. The first kappa shape index (κ1) is 21.0. The Bertz CT molecular complexity index is 1120. The lowest BCUT2D eigenvalue weighted by Crippen LogP contribution is -2.52. The Labute approximate surface area is 202 Å². The molecule has 1 heterocycles. The first-order valence-corrected chi connectivity index (χ1v) is 12.7. The van der Waals surface area contributed by atoms with Gasteiger partial charge in [0, 0.05) is 22.3 Å². The van der Waals surface area contributed by atoms with Crippen LogP contribution in [-0.2, 0) is 12.1 Å². The van der Waals surface area contributed by atoms with E-state index in [0.717, 1.165) is 33.5 Å². The van der Waals surface area contributed by atoms with Crippen LogP contribution in [0.4, 0.5) is 5.82 Å². The summed E-state index contributed by atoms with van der Waals surface area (Å²) in [5.41, 5.74) is 1.81. The van der Waals surface area contributed by atoms with E-state index in [1.54, 1.807) is 0 Å². The third-order valence-electron chi connectivity index (χ3n) is 7.76. The number of ether oxygens (including phenoxy) is 1. The minimum absolute atomic E-state index is 0.133. The zero-order valence-electron chi connectivity index (χ0n) is 18.5. The number of rotatable bonds is 6. The van der Waals surface area contributed by atoms with Gasteiger partial charge in [0.15, 0.2) is 5.82 Å². The van der Waals surface area contributed by atoms with Gasteiger partial charge in [-0.05, 0) is 98.2 Å². The zero-order chi connectivity index (χ0) is 22.4. The smallest absolute Gasteiger partial charge is 0.256 e. The molecule has 1 aromatic heterocycles. The first-order chi connectivity index (χ1) is 16.0. The summed E-state index contributed by atoms with van der Waals surface area (Å²) in [5, 5.41) is 7.80. The third kappa shape index (κ3) is 4.21. The van der Waals surface area contributed by atoms with Gasteiger partial charge in [-0.15, -0.1) is 0 Å². The maximum Gasteiger partial charge on any atom is 0.256 e. The number of hydrogen-bond acceptors (Lipinski definition) is 3. The average Bonchev–Trinajstić information content (AvgIpc) is 3.28. The van der Waals surface area contributed by atoms with Crippen molar-refractivity contribution in [2.75, 3.05) is 5.32 Å². The normalized spacial score (nSPS) is 27.5. The Balaban J connectivity index is 1.08. The molecule has 5 nitrogen and oxygen atoms in total. The van der Waals surface area contributed by atoms with E-state index in [1.807, 2.05) is 54.6 Å². The fraction of sp³-hybridized carbons (Fsp3) is 0.407. The van der Waals surface area contributed by atoms with Crippen molar-refractivity contribution in [3.05, 3.63) is 76.4 Å². The van der Waals surface area contributed by atoms with Crippen LogP contribution >= 0.6 is 15.9 Å². The van der Waals surface area contributed by atoms with E-state index in [9.17, 15) is 4.79 Å². The summed E-state index contributed by atoms with van der Waals surface area (Å²) in [4.78, 5) is 12.8. The van der Waals surface area contributed by atoms with Gasteiger partial charge in [0.2, 0.25) is 0 Å². The molecule has 0 spiro atoms. The Morgan fingerprint density at radius 1 is 0.970 bits per heavy atom. The number of nitrogens with one attached hydrogen (secondary N) is 1. The molecule has 2 aromatic carbocycles. The Hall–Kier alpha value is -2.60. The Morgan fingerprint density at radius 2 is 1.61 bits per heavy atom. The van der Waals surface area contributed by atoms with E-state index in [-0.39, 0.29) is 11.4 Å². The van der Waals surface area contributed by atoms with Crippen LogP contribution in [0.2, 0.25) is 0 Å². The lowest BCUT2D eigenvalue weighted by Gasteiger charge is -2.56. The largest absolute Gasteiger partial charge is 0.489 e. The highest BCUT2D eigenvalue weighted by atomic mass is 79.9. The molecule has 0 unspecified atom stereocenters. The van der Waals surface area contributed by atoms with E-state index >= 15 is 0 Å². The molecular weight excluding hydrogens is 478 g/mol. The average molecular weight is 506 g/mol. The van der Waals surface area contributed by atoms with E-state index < -0.39 is 0 Å². The van der Waals surface area contributed by atoms with Crippen LogP contribution < -0.4 is 10.1 Å². The maximum absolute atomic E-state index is 12.8. The zero-order valence-corrected chi connectivity index (χ0v) is 20.1. The second-order valence-corrected chi connectivity index (χ2v) is 11.1. The number of carbonyl (C=O) groups is 1. The molecule has 0 radical (unpaired) electrons. The van der Waals surface area contributed by atoms with Crippen molar-refractivity contribution in [3.8, 4) is 5.75 Å². The van der Waals surface area contributed by atoms with Crippen LogP contribution in [0.15, 0.2) is 65.3 Å². The number of nitrogens with zero attached hydrogens (tertiary/aromatic N) is 2. The van der Waals surface area contributed by atoms with Crippen molar-refractivity contribution in [2.45, 2.75) is 50.7 Å². The van der Waals surface area contributed by atoms with Gasteiger partial charge in [-0.25, -0.2) is 0 Å². The number of anilines is 1. The SMILES string of the molecule is O=C(Nc1ccn(C23CC4CC(CC(C4)C2)C3)n1)c1ccc(COc2ccc(Br)cc2)cc1. The fourth-order valence-corrected chi connectivity index (χ4v) is 6.90. The van der Waals surface area contributed by atoms with Crippen LogP contribution in [0.1, 0.15) is 54.4 Å². The number of amides is 1. The standard InChI is InChI=1S/C27H28BrN3O2/c28-23-5-7-24(8-6-23)33-17-18-1-3-22(4-2-18)26(32)29-25-9-10-31(30-25)27-14-19-11-20(15-27)13-21(12-19)16-27/h1-10,19-21H,11-17H2,(H,29,30,32). The van der Waals surface area contributed by atoms with Gasteiger partial charge in [0.25, 0.3) is 5.91 Å². The van der Waals surface area contributed by atoms with Crippen molar-refractivity contribution in [3.63, 3.8) is 0 Å². The molecule has 0 aliphatic heterocycles. The summed E-state index contributed by atoms with van der Waals surface area (Å²) in [6.07, 6.45) is 10.1. The predicted molar refractivity (Wildman–Crippen MR) is 131 cm³/mol. The highest BCUT2D eigenvalue weighted by molar-refractivity contribution is 9.10. The Morgan fingerprint density at radius 3 is 2.24 bits per heavy atom. The predicted octanol–water partition coefficient (Wildman–Crippen LogP) is 6.40. The van der Waals surface area contributed by atoms with Gasteiger partial charge in [0.05, 0.1) is 5.54 Å². The lowest BCUT2D eigenvalue weighted by molar-refractivity contribution is -0.0492. The maximum atomic E-state index is 12.8. The van der Waals surface area contributed by atoms with E-state index in [4.69, 9.17) is 9.84 Å². The van der Waals surface area contributed by atoms with Crippen LogP contribution in [0.3, 0.4) is 0 Å². The minimum atomic E-state index is -0.133. The highest BCUT2D eigenvalue weighted by Crippen LogP contribution is 2.58. The number of hydrogen-bond donors (Lipinski definition) is 1. The molecule has 4 aliphatic carbocycles. The molecule has 4 aliphatic rings. The van der Waals surface area contributed by atoms with Crippen molar-refractivity contribution in [1.82, 2.24) is 9.78 Å². The van der Waals surface area contributed by atoms with Gasteiger partial charge in [0.1, 0.15) is 12.4 Å². The second kappa shape index (κ2) is 8.32. The molecular formula is C27H28BrN3O2. The van der Waals surface area contributed by atoms with Gasteiger partial charge in [-0.3, -0.25) is 9.48 Å². The highest BCUT2D eigenvalue weighted by Gasteiger charge is 2.52. The van der Waals surface area contributed by atoms with E-state index in [1.165, 1.54) is 38.5 Å². The van der Waals surface area contributed by atoms with E-state index in [0.29, 0.717) is 18.0 Å². The molecule has 4 bridgehead atoms. The summed E-state index contributed by atoms with van der Waals surface area (Å²) in [6.45, 7) is 0.457. The van der Waals surface area contributed by atoms with Crippen molar-refractivity contribution < 1.29 is 9.53 Å². The van der Waals surface area contributed by atoms with Crippen LogP contribution in [0.25, 0.3) is 0 Å². The summed E-state index contributed by atoms with van der Waals surface area (Å²) in [7, 11) is 0. The van der Waals surface area contributed by atoms with Gasteiger partial charge < -0.3 is 10.1 Å². The molecule has 4 saturated carbocycles. The summed E-state index contributed by atoms with van der Waals surface area (Å²) >= 11 is 3.42. The summed E-state index contributed by atoms with van der Waals surface area (Å²) in [5.74, 6) is 3.92. The number of carbonyl (C=O) groups excluding carboxylic acids is 1. The van der Waals surface area contributed by atoms with Gasteiger partial charge in [-0.1, -0.05) is 28.1 Å². The minimum Gasteiger partial charge on any atom is -0.489 e. The molecule has 4 fully saturated rings. The van der Waals surface area contributed by atoms with Crippen LogP contribution in [0, 0.1) is 17.8 Å². The summed E-state index contributed by atoms with van der Waals surface area (Å²) in [6, 6.07) is 17.2. The van der Waals surface area contributed by atoms with Crippen molar-refractivity contribution in [1.29, 1.82) is 0 Å². The molecule has 33 heavy (non-hydrogen) atoms. The van der Waals surface area contributed by atoms with Crippen LogP contribution in [0.5, 0.6) is 5.75 Å². The molecule has 3 aromatic rings. The number of halogens is 1. The fourth-order valence-electron chi connectivity index (χ4n) is 6.64. The molecule has 1 amide bonds. The topological polar surface area (TPSA) is 56.2 Å². The molecule has 0 atom stereocenters. The number of aromatic nitrogens is 2. The number of benzene rings is 2. The van der Waals surface area contributed by atoms with Gasteiger partial charge >= 0.3 is 0 Å². The van der Waals surface area contributed by atoms with Gasteiger partial charge in [-0.2, -0.15) is 5.10 Å². The van der Waals surface area contributed by atoms with Crippen LogP contribution in [-0.4, -0.2) is 15.7 Å². The molecule has 6 heteroatoms. The molecule has 1 N–H and O–H groups in total. The molecule has 0 saturated heterocycles. The molecule has 7 rings (SSSR count). The summed E-state index contributed by atoms with van der Waals surface area (Å²) < 4.78 is 9.01. The molecule has 170 valence electrons. The van der Waals surface area contributed by atoms with Crippen molar-refractivity contribution >= 4 is 27.7 Å². The first-order valence-electron chi connectivity index (χ1n) is 11.9. The Kier molecular flexibility index (Phi) is 5.28. The lowest BCUT2D eigenvalue weighted by atomic mass is 9.53. The van der Waals surface area contributed by atoms with E-state index in [2.05, 4.69) is 32.1 Å². The quantitative estimate of drug-likeness (QED) is 0.421.